The summed E-state index contributed by atoms with van der Waals surface area (Å²) in [7, 11) is 0. The van der Waals surface area contributed by atoms with Gasteiger partial charge in [0, 0.05) is 18.8 Å². The predicted octanol–water partition coefficient (Wildman–Crippen LogP) is 6.00. The highest BCUT2D eigenvalue weighted by Gasteiger charge is 2.39. The lowest BCUT2D eigenvalue weighted by Crippen LogP contribution is -2.59. The Morgan fingerprint density at radius 1 is 0.854 bits per heavy atom. The van der Waals surface area contributed by atoms with E-state index < -0.39 is 24.0 Å². The van der Waals surface area contributed by atoms with E-state index in [1.54, 1.807) is 36.7 Å². The number of carbonyl (C=O) groups is 2. The maximum Gasteiger partial charge on any atom is 0.409 e. The molecule has 2 aromatic heterocycles. The Bertz CT molecular complexity index is 1340. The van der Waals surface area contributed by atoms with Gasteiger partial charge < -0.3 is 14.6 Å². The van der Waals surface area contributed by atoms with Crippen molar-refractivity contribution in [3.8, 4) is 0 Å². The van der Waals surface area contributed by atoms with E-state index in [0.29, 0.717) is 12.0 Å². The van der Waals surface area contributed by atoms with Crippen LogP contribution in [0.25, 0.3) is 0 Å². The molecule has 1 unspecified atom stereocenters. The van der Waals surface area contributed by atoms with Gasteiger partial charge in [0.25, 0.3) is 0 Å². The molecule has 0 fully saturated rings. The lowest BCUT2D eigenvalue weighted by molar-refractivity contribution is 0.0679. The first-order chi connectivity index (χ1) is 19.8. The molecule has 41 heavy (non-hydrogen) atoms. The van der Waals surface area contributed by atoms with E-state index in [4.69, 9.17) is 9.47 Å². The zero-order valence-corrected chi connectivity index (χ0v) is 24.7. The van der Waals surface area contributed by atoms with E-state index in [-0.39, 0.29) is 19.6 Å². The molecule has 2 heterocycles. The van der Waals surface area contributed by atoms with Crippen LogP contribution in [-0.2, 0) is 34.8 Å². The Morgan fingerprint density at radius 2 is 1.37 bits per heavy atom. The number of aliphatic hydroxyl groups is 1. The zero-order valence-electron chi connectivity index (χ0n) is 23.0. The molecule has 0 radical (unpaired) electrons. The SMILES string of the molecule is Cc1ncc(COC(=O)NC(CC(O)CCCc2ccccc2)(NC(=O)OCc2cnc(C)s2)c2ccccc2)s1. The third-order valence-electron chi connectivity index (χ3n) is 6.31. The van der Waals surface area contributed by atoms with Crippen LogP contribution < -0.4 is 10.6 Å². The second kappa shape index (κ2) is 14.7. The number of nitrogens with one attached hydrogen (secondary N) is 2. The summed E-state index contributed by atoms with van der Waals surface area (Å²) < 4.78 is 11.0. The monoisotopic (exact) mass is 594 g/mol. The van der Waals surface area contributed by atoms with E-state index >= 15 is 0 Å². The number of benzene rings is 2. The van der Waals surface area contributed by atoms with Crippen molar-refractivity contribution in [2.24, 2.45) is 0 Å². The third-order valence-corrected chi connectivity index (χ3v) is 8.09. The highest BCUT2D eigenvalue weighted by Crippen LogP contribution is 2.27. The van der Waals surface area contributed by atoms with E-state index in [1.165, 1.54) is 28.2 Å². The molecular formula is C30H34N4O5S2. The summed E-state index contributed by atoms with van der Waals surface area (Å²) in [5, 5.41) is 18.6. The second-order valence-corrected chi connectivity index (χ2v) is 12.2. The summed E-state index contributed by atoms with van der Waals surface area (Å²) in [5.41, 5.74) is 0.238. The van der Waals surface area contributed by atoms with Crippen LogP contribution in [0.15, 0.2) is 73.1 Å². The second-order valence-electron chi connectivity index (χ2n) is 9.60. The van der Waals surface area contributed by atoms with Gasteiger partial charge in [0.2, 0.25) is 0 Å². The fraction of sp³-hybridized carbons (Fsp3) is 0.333. The average molecular weight is 595 g/mol. The fourth-order valence-electron chi connectivity index (χ4n) is 4.40. The van der Waals surface area contributed by atoms with Crippen molar-refractivity contribution >= 4 is 34.9 Å². The van der Waals surface area contributed by atoms with Crippen molar-refractivity contribution in [1.82, 2.24) is 20.6 Å². The quantitative estimate of drug-likeness (QED) is 0.162. The number of aromatic nitrogens is 2. The van der Waals surface area contributed by atoms with E-state index in [2.05, 4.69) is 20.6 Å². The molecule has 0 saturated carbocycles. The van der Waals surface area contributed by atoms with Gasteiger partial charge >= 0.3 is 12.2 Å². The number of nitrogens with zero attached hydrogens (tertiary/aromatic N) is 2. The number of hydrogen-bond donors (Lipinski definition) is 3. The van der Waals surface area contributed by atoms with Gasteiger partial charge in [-0.05, 0) is 44.2 Å². The maximum absolute atomic E-state index is 13.1. The molecule has 216 valence electrons. The van der Waals surface area contributed by atoms with E-state index in [1.807, 2.05) is 50.2 Å². The van der Waals surface area contributed by atoms with Gasteiger partial charge in [-0.3, -0.25) is 10.6 Å². The van der Waals surface area contributed by atoms with Crippen LogP contribution in [0, 0.1) is 13.8 Å². The molecule has 9 nitrogen and oxygen atoms in total. The van der Waals surface area contributed by atoms with Crippen LogP contribution >= 0.6 is 22.7 Å². The molecule has 0 spiro atoms. The minimum atomic E-state index is -1.51. The molecule has 0 saturated heterocycles. The minimum absolute atomic E-state index is 0.00463. The molecule has 0 aliphatic heterocycles. The van der Waals surface area contributed by atoms with Crippen molar-refractivity contribution in [2.75, 3.05) is 0 Å². The largest absolute Gasteiger partial charge is 0.444 e. The Kier molecular flexibility index (Phi) is 10.8. The summed E-state index contributed by atoms with van der Waals surface area (Å²) in [6, 6.07) is 19.0. The van der Waals surface area contributed by atoms with Gasteiger partial charge in [-0.25, -0.2) is 19.6 Å². The Labute approximate surface area is 247 Å². The van der Waals surface area contributed by atoms with Crippen molar-refractivity contribution in [3.63, 3.8) is 0 Å². The summed E-state index contributed by atoms with van der Waals surface area (Å²) in [6.07, 6.45) is 2.92. The van der Waals surface area contributed by atoms with Crippen molar-refractivity contribution in [3.05, 3.63) is 104 Å². The van der Waals surface area contributed by atoms with Crippen LogP contribution in [0.2, 0.25) is 0 Å². The summed E-state index contributed by atoms with van der Waals surface area (Å²) in [4.78, 5) is 36.2. The summed E-state index contributed by atoms with van der Waals surface area (Å²) in [5.74, 6) is 0. The van der Waals surface area contributed by atoms with Crippen molar-refractivity contribution in [1.29, 1.82) is 0 Å². The first-order valence-corrected chi connectivity index (χ1v) is 14.9. The molecule has 2 aromatic carbocycles. The number of amides is 2. The lowest BCUT2D eigenvalue weighted by Gasteiger charge is -2.37. The third kappa shape index (κ3) is 9.38. The minimum Gasteiger partial charge on any atom is -0.444 e. The molecule has 3 N–H and O–H groups in total. The molecule has 11 heteroatoms. The number of ether oxygens (including phenoxy) is 2. The molecule has 0 aliphatic carbocycles. The number of alkyl carbamates (subject to hydrolysis) is 2. The number of hydrogen-bond acceptors (Lipinski definition) is 9. The van der Waals surface area contributed by atoms with Gasteiger partial charge in [0.15, 0.2) is 0 Å². The van der Waals surface area contributed by atoms with E-state index in [0.717, 1.165) is 32.6 Å². The summed E-state index contributed by atoms with van der Waals surface area (Å²) in [6.45, 7) is 3.79. The Balaban J connectivity index is 1.51. The van der Waals surface area contributed by atoms with E-state index in [9.17, 15) is 14.7 Å². The number of thiazole rings is 2. The lowest BCUT2D eigenvalue weighted by atomic mass is 9.90. The topological polar surface area (TPSA) is 123 Å². The number of aliphatic hydroxyl groups excluding tert-OH is 1. The van der Waals surface area contributed by atoms with Crippen LogP contribution in [-0.4, -0.2) is 33.4 Å². The molecule has 4 rings (SSSR count). The van der Waals surface area contributed by atoms with Gasteiger partial charge in [0.1, 0.15) is 18.9 Å². The van der Waals surface area contributed by atoms with Crippen LogP contribution in [0.5, 0.6) is 0 Å². The molecule has 0 aliphatic rings. The van der Waals surface area contributed by atoms with Gasteiger partial charge in [-0.15, -0.1) is 22.7 Å². The van der Waals surface area contributed by atoms with Crippen LogP contribution in [0.1, 0.15) is 50.2 Å². The van der Waals surface area contributed by atoms with Gasteiger partial charge in [0.05, 0.1) is 25.9 Å². The highest BCUT2D eigenvalue weighted by molar-refractivity contribution is 7.11. The predicted molar refractivity (Wildman–Crippen MR) is 158 cm³/mol. The zero-order chi connectivity index (χ0) is 29.1. The summed E-state index contributed by atoms with van der Waals surface area (Å²) >= 11 is 2.86. The standard InChI is InChI=1S/C30H34N4O5S2/c1-21-31-17-26(40-21)19-38-28(36)33-30(24-13-7-4-8-14-24,34-29(37)39-20-27-18-32-22(2)41-27)16-25(35)15-9-12-23-10-5-3-6-11-23/h3-8,10-11,13-14,17-18,25,35H,9,12,15-16,19-20H2,1-2H3,(H,33,36)(H,34,37). The van der Waals surface area contributed by atoms with Crippen LogP contribution in [0.3, 0.4) is 0 Å². The highest BCUT2D eigenvalue weighted by atomic mass is 32.1. The van der Waals surface area contributed by atoms with Crippen LogP contribution in [0.4, 0.5) is 9.59 Å². The molecule has 2 amide bonds. The number of rotatable bonds is 13. The number of aryl methyl sites for hydroxylation is 3. The maximum atomic E-state index is 13.1. The van der Waals surface area contributed by atoms with Gasteiger partial charge in [-0.1, -0.05) is 60.7 Å². The first kappa shape index (κ1) is 30.2. The molecular weight excluding hydrogens is 560 g/mol. The smallest absolute Gasteiger partial charge is 0.409 e. The first-order valence-electron chi connectivity index (χ1n) is 13.3. The normalized spacial score (nSPS) is 12.0. The molecule has 1 atom stereocenters. The Hall–Kier alpha value is -3.80. The number of carbonyl (C=O) groups excluding carboxylic acids is 2. The molecule has 4 aromatic rings. The average Bonchev–Trinajstić information content (AvgIpc) is 3.59. The molecule has 0 bridgehead atoms. The Morgan fingerprint density at radius 3 is 1.85 bits per heavy atom. The van der Waals surface area contributed by atoms with Gasteiger partial charge in [-0.2, -0.15) is 0 Å². The fourth-order valence-corrected chi connectivity index (χ4v) is 5.81. The van der Waals surface area contributed by atoms with Crippen molar-refractivity contribution < 1.29 is 24.2 Å². The van der Waals surface area contributed by atoms with Crippen molar-refractivity contribution in [2.45, 2.75) is 64.5 Å².